The second-order valence-electron chi connectivity index (χ2n) is 9.48. The second-order valence-corrected chi connectivity index (χ2v) is 10.3. The predicted octanol–water partition coefficient (Wildman–Crippen LogP) is 4.26. The average molecular weight is 477 g/mol. The molecule has 1 aliphatic heterocycles. The zero-order valence-corrected chi connectivity index (χ0v) is 20.0. The molecule has 2 N–H and O–H groups in total. The van der Waals surface area contributed by atoms with Crippen molar-refractivity contribution in [3.8, 4) is 5.75 Å². The Morgan fingerprint density at radius 2 is 1.97 bits per heavy atom. The van der Waals surface area contributed by atoms with Gasteiger partial charge in [-0.25, -0.2) is 0 Å². The van der Waals surface area contributed by atoms with Gasteiger partial charge in [0.05, 0.1) is 22.1 Å². The van der Waals surface area contributed by atoms with Gasteiger partial charge in [0.1, 0.15) is 5.75 Å². The molecule has 5 nitrogen and oxygen atoms in total. The van der Waals surface area contributed by atoms with Crippen LogP contribution in [0.25, 0.3) is 0 Å². The molecule has 2 aliphatic rings. The van der Waals surface area contributed by atoms with Crippen molar-refractivity contribution in [3.63, 3.8) is 0 Å². The van der Waals surface area contributed by atoms with E-state index in [2.05, 4.69) is 4.90 Å². The second kappa shape index (κ2) is 8.86. The van der Waals surface area contributed by atoms with Crippen LogP contribution in [-0.2, 0) is 16.6 Å². The summed E-state index contributed by atoms with van der Waals surface area (Å²) in [7, 11) is 3.88. The molecule has 32 heavy (non-hydrogen) atoms. The highest BCUT2D eigenvalue weighted by molar-refractivity contribution is 6.42. The third-order valence-corrected chi connectivity index (χ3v) is 8.24. The van der Waals surface area contributed by atoms with Crippen LogP contribution < -0.4 is 0 Å². The molecule has 0 aromatic heterocycles. The van der Waals surface area contributed by atoms with E-state index in [1.54, 1.807) is 24.3 Å². The number of nitrogens with zero attached hydrogens (tertiary/aromatic N) is 2. The normalized spacial score (nSPS) is 28.2. The summed E-state index contributed by atoms with van der Waals surface area (Å²) in [5, 5.41) is 22.9. The van der Waals surface area contributed by atoms with Crippen LogP contribution in [0.3, 0.4) is 0 Å². The SMILES string of the molecule is CN1CC[C@@]2(c3cccc(O)c3)C[C@H](N(C)C(=O)Cc3ccc(Cl)c(Cl)c3)CC[C@]2(O)C1. The molecule has 1 saturated carbocycles. The van der Waals surface area contributed by atoms with E-state index in [4.69, 9.17) is 23.2 Å². The first-order valence-electron chi connectivity index (χ1n) is 11.0. The summed E-state index contributed by atoms with van der Waals surface area (Å²) in [6.07, 6.45) is 3.01. The maximum absolute atomic E-state index is 13.1. The minimum Gasteiger partial charge on any atom is -0.508 e. The number of hydrogen-bond acceptors (Lipinski definition) is 4. The van der Waals surface area contributed by atoms with Gasteiger partial charge in [0, 0.05) is 25.0 Å². The van der Waals surface area contributed by atoms with Crippen LogP contribution in [0, 0.1) is 0 Å². The fourth-order valence-corrected chi connectivity index (χ4v) is 5.95. The van der Waals surface area contributed by atoms with Crippen molar-refractivity contribution >= 4 is 29.1 Å². The summed E-state index contributed by atoms with van der Waals surface area (Å²) in [4.78, 5) is 17.1. The maximum Gasteiger partial charge on any atom is 0.226 e. The van der Waals surface area contributed by atoms with Gasteiger partial charge in [-0.15, -0.1) is 0 Å². The Balaban J connectivity index is 1.60. The van der Waals surface area contributed by atoms with Crippen LogP contribution in [-0.4, -0.2) is 64.7 Å². The van der Waals surface area contributed by atoms with Crippen LogP contribution in [0.4, 0.5) is 0 Å². The van der Waals surface area contributed by atoms with Crippen molar-refractivity contribution in [2.75, 3.05) is 27.2 Å². The molecule has 0 radical (unpaired) electrons. The molecule has 2 aromatic carbocycles. The number of rotatable bonds is 4. The number of phenolic OH excluding ortho intramolecular Hbond substituents is 1. The highest BCUT2D eigenvalue weighted by Crippen LogP contribution is 2.52. The minimum absolute atomic E-state index is 0.00342. The molecule has 172 valence electrons. The summed E-state index contributed by atoms with van der Waals surface area (Å²) in [5.74, 6) is 0.210. The van der Waals surface area contributed by atoms with Crippen LogP contribution >= 0.6 is 23.2 Å². The number of carbonyl (C=O) groups excluding carboxylic acids is 1. The molecule has 3 atom stereocenters. The number of halogens is 2. The van der Waals surface area contributed by atoms with Crippen molar-refractivity contribution in [2.24, 2.45) is 0 Å². The van der Waals surface area contributed by atoms with Gasteiger partial charge in [-0.2, -0.15) is 0 Å². The third-order valence-electron chi connectivity index (χ3n) is 7.50. The molecule has 0 spiro atoms. The van der Waals surface area contributed by atoms with E-state index in [0.717, 1.165) is 30.5 Å². The fraction of sp³-hybridized carbons (Fsp3) is 0.480. The number of carbonyl (C=O) groups is 1. The first kappa shape index (κ1) is 23.4. The van der Waals surface area contributed by atoms with Crippen molar-refractivity contribution < 1.29 is 15.0 Å². The van der Waals surface area contributed by atoms with Gasteiger partial charge in [-0.1, -0.05) is 41.4 Å². The number of amides is 1. The molecule has 1 heterocycles. The van der Waals surface area contributed by atoms with E-state index < -0.39 is 11.0 Å². The van der Waals surface area contributed by atoms with Gasteiger partial charge in [-0.05, 0) is 74.7 Å². The summed E-state index contributed by atoms with van der Waals surface area (Å²) in [6, 6.07) is 12.5. The van der Waals surface area contributed by atoms with E-state index in [1.165, 1.54) is 0 Å². The van der Waals surface area contributed by atoms with Gasteiger partial charge in [0.2, 0.25) is 5.91 Å². The molecule has 1 saturated heterocycles. The largest absolute Gasteiger partial charge is 0.508 e. The average Bonchev–Trinajstić information content (AvgIpc) is 2.75. The standard InChI is InChI=1S/C25H30Cl2N2O3/c1-28-11-10-24(18-4-3-5-20(30)14-18)15-19(8-9-25(24,32)16-28)29(2)23(31)13-17-6-7-21(26)22(27)12-17/h3-7,12,14,19,30,32H,8-11,13,15-16H2,1-2H3/t19-,24+,25+/m1/s1. The number of likely N-dealkylation sites (tertiary alicyclic amines) is 1. The van der Waals surface area contributed by atoms with Crippen molar-refractivity contribution in [2.45, 2.75) is 49.2 Å². The third kappa shape index (κ3) is 4.24. The molecule has 2 aromatic rings. The molecule has 1 amide bonds. The van der Waals surface area contributed by atoms with E-state index >= 15 is 0 Å². The van der Waals surface area contributed by atoms with Crippen LogP contribution in [0.1, 0.15) is 36.8 Å². The van der Waals surface area contributed by atoms with Crippen molar-refractivity contribution in [1.29, 1.82) is 0 Å². The van der Waals surface area contributed by atoms with E-state index in [0.29, 0.717) is 29.4 Å². The molecular weight excluding hydrogens is 447 g/mol. The summed E-state index contributed by atoms with van der Waals surface area (Å²) in [5.41, 5.74) is 0.352. The summed E-state index contributed by atoms with van der Waals surface area (Å²) >= 11 is 12.1. The lowest BCUT2D eigenvalue weighted by molar-refractivity contribution is -0.145. The van der Waals surface area contributed by atoms with Gasteiger partial charge in [-0.3, -0.25) is 4.79 Å². The Hall–Kier alpha value is -1.79. The number of β-amino-alcohol motifs (C(OH)–C–C–N with tert-alkyl or cyclic N) is 1. The van der Waals surface area contributed by atoms with Crippen molar-refractivity contribution in [1.82, 2.24) is 9.80 Å². The van der Waals surface area contributed by atoms with E-state index in [-0.39, 0.29) is 24.1 Å². The topological polar surface area (TPSA) is 64.0 Å². The molecule has 1 aliphatic carbocycles. The minimum atomic E-state index is -0.905. The number of phenols is 1. The number of aliphatic hydroxyl groups is 1. The van der Waals surface area contributed by atoms with Crippen molar-refractivity contribution in [3.05, 3.63) is 63.6 Å². The monoisotopic (exact) mass is 476 g/mol. The summed E-state index contributed by atoms with van der Waals surface area (Å²) in [6.45, 7) is 1.43. The number of fused-ring (bicyclic) bond motifs is 1. The van der Waals surface area contributed by atoms with Crippen LogP contribution in [0.15, 0.2) is 42.5 Å². The lowest BCUT2D eigenvalue weighted by Crippen LogP contribution is -2.66. The van der Waals surface area contributed by atoms with Gasteiger partial charge >= 0.3 is 0 Å². The highest BCUT2D eigenvalue weighted by Gasteiger charge is 2.57. The number of benzene rings is 2. The fourth-order valence-electron chi connectivity index (χ4n) is 5.63. The van der Waals surface area contributed by atoms with E-state index in [9.17, 15) is 15.0 Å². The van der Waals surface area contributed by atoms with Crippen LogP contribution in [0.5, 0.6) is 5.75 Å². The molecular formula is C25H30Cl2N2O3. The highest BCUT2D eigenvalue weighted by atomic mass is 35.5. The molecule has 0 unspecified atom stereocenters. The first-order chi connectivity index (χ1) is 15.1. The Labute approximate surface area is 199 Å². The van der Waals surface area contributed by atoms with Gasteiger partial charge < -0.3 is 20.0 Å². The predicted molar refractivity (Wildman–Crippen MR) is 127 cm³/mol. The number of piperidine rings is 1. The number of hydrogen-bond donors (Lipinski definition) is 2. The molecule has 0 bridgehead atoms. The lowest BCUT2D eigenvalue weighted by atomic mass is 9.55. The van der Waals surface area contributed by atoms with Crippen LogP contribution in [0.2, 0.25) is 10.0 Å². The van der Waals surface area contributed by atoms with Gasteiger partial charge in [0.25, 0.3) is 0 Å². The zero-order chi connectivity index (χ0) is 23.1. The maximum atomic E-state index is 13.1. The van der Waals surface area contributed by atoms with Gasteiger partial charge in [0.15, 0.2) is 0 Å². The molecule has 7 heteroatoms. The Morgan fingerprint density at radius 3 is 2.69 bits per heavy atom. The number of aromatic hydroxyl groups is 1. The lowest BCUT2D eigenvalue weighted by Gasteiger charge is -2.58. The first-order valence-corrected chi connectivity index (χ1v) is 11.8. The Bertz CT molecular complexity index is 1020. The Kier molecular flexibility index (Phi) is 6.47. The number of likely N-dealkylation sites (N-methyl/N-ethyl adjacent to an activating group) is 2. The smallest absolute Gasteiger partial charge is 0.226 e. The Morgan fingerprint density at radius 1 is 1.19 bits per heavy atom. The summed E-state index contributed by atoms with van der Waals surface area (Å²) < 4.78 is 0. The van der Waals surface area contributed by atoms with E-state index in [1.807, 2.05) is 37.2 Å². The molecule has 2 fully saturated rings. The zero-order valence-electron chi connectivity index (χ0n) is 18.5. The quantitative estimate of drug-likeness (QED) is 0.691. The molecule has 4 rings (SSSR count).